The molecule has 0 spiro atoms. The van der Waals surface area contributed by atoms with Gasteiger partial charge in [-0.05, 0) is 34.6 Å². The average Bonchev–Trinajstić information content (AvgIpc) is 2.81. The van der Waals surface area contributed by atoms with Crippen LogP contribution in [0.5, 0.6) is 5.75 Å². The Kier molecular flexibility index (Phi) is 3.26. The van der Waals surface area contributed by atoms with E-state index in [0.717, 1.165) is 16.0 Å². The Morgan fingerprint density at radius 3 is 2.50 bits per heavy atom. The molecule has 2 rings (SSSR count). The standard InChI is InChI=1S/C15H16O2S/c1-15(2,3)11-7-10(9-16)14(17)12(8-11)13-5-4-6-18-13/h4-9,17H,1-3H3. The molecule has 0 amide bonds. The summed E-state index contributed by atoms with van der Waals surface area (Å²) in [5.41, 5.74) is 2.08. The molecule has 0 bridgehead atoms. The first kappa shape index (κ1) is 12.8. The lowest BCUT2D eigenvalue weighted by Gasteiger charge is -2.21. The summed E-state index contributed by atoms with van der Waals surface area (Å²) in [6.45, 7) is 6.27. The van der Waals surface area contributed by atoms with Gasteiger partial charge >= 0.3 is 0 Å². The Morgan fingerprint density at radius 1 is 1.28 bits per heavy atom. The van der Waals surface area contributed by atoms with Crippen LogP contribution < -0.4 is 0 Å². The molecule has 0 atom stereocenters. The fourth-order valence-electron chi connectivity index (χ4n) is 1.80. The monoisotopic (exact) mass is 260 g/mol. The largest absolute Gasteiger partial charge is 0.507 e. The number of carbonyl (C=O) groups excluding carboxylic acids is 1. The molecule has 0 saturated heterocycles. The maximum absolute atomic E-state index is 11.1. The van der Waals surface area contributed by atoms with Gasteiger partial charge in [0.25, 0.3) is 0 Å². The summed E-state index contributed by atoms with van der Waals surface area (Å²) in [5, 5.41) is 12.1. The maximum Gasteiger partial charge on any atom is 0.153 e. The summed E-state index contributed by atoms with van der Waals surface area (Å²) in [6, 6.07) is 7.61. The Labute approximate surface area is 111 Å². The first-order chi connectivity index (χ1) is 8.43. The maximum atomic E-state index is 11.1. The van der Waals surface area contributed by atoms with Gasteiger partial charge in [-0.1, -0.05) is 26.8 Å². The summed E-state index contributed by atoms with van der Waals surface area (Å²) in [6.07, 6.45) is 0.710. The predicted octanol–water partition coefficient (Wildman–Crippen LogP) is 4.23. The summed E-state index contributed by atoms with van der Waals surface area (Å²) in [4.78, 5) is 12.0. The summed E-state index contributed by atoms with van der Waals surface area (Å²) in [5.74, 6) is 0.0699. The Morgan fingerprint density at radius 2 is 2.00 bits per heavy atom. The van der Waals surface area contributed by atoms with Gasteiger partial charge in [0.2, 0.25) is 0 Å². The first-order valence-electron chi connectivity index (χ1n) is 5.80. The van der Waals surface area contributed by atoms with Crippen molar-refractivity contribution in [1.29, 1.82) is 0 Å². The van der Waals surface area contributed by atoms with E-state index in [-0.39, 0.29) is 11.2 Å². The number of rotatable bonds is 2. The van der Waals surface area contributed by atoms with E-state index in [0.29, 0.717) is 11.8 Å². The lowest BCUT2D eigenvalue weighted by molar-refractivity contribution is 0.112. The highest BCUT2D eigenvalue weighted by atomic mass is 32.1. The van der Waals surface area contributed by atoms with E-state index in [9.17, 15) is 9.90 Å². The molecular weight excluding hydrogens is 244 g/mol. The fourth-order valence-corrected chi connectivity index (χ4v) is 2.54. The SMILES string of the molecule is CC(C)(C)c1cc(C=O)c(O)c(-c2cccs2)c1. The van der Waals surface area contributed by atoms with Gasteiger partial charge in [0.1, 0.15) is 5.75 Å². The van der Waals surface area contributed by atoms with Crippen molar-refractivity contribution >= 4 is 17.6 Å². The van der Waals surface area contributed by atoms with Crippen molar-refractivity contribution in [2.45, 2.75) is 26.2 Å². The number of benzene rings is 1. The number of carbonyl (C=O) groups is 1. The van der Waals surface area contributed by atoms with Gasteiger partial charge < -0.3 is 5.11 Å². The van der Waals surface area contributed by atoms with Crippen LogP contribution in [-0.4, -0.2) is 11.4 Å². The molecule has 94 valence electrons. The van der Waals surface area contributed by atoms with Gasteiger partial charge in [0.05, 0.1) is 5.56 Å². The van der Waals surface area contributed by atoms with Crippen molar-refractivity contribution in [3.05, 3.63) is 40.8 Å². The molecular formula is C15H16O2S. The molecule has 2 aromatic rings. The molecule has 0 aliphatic carbocycles. The first-order valence-corrected chi connectivity index (χ1v) is 6.68. The van der Waals surface area contributed by atoms with Crippen LogP contribution in [0.2, 0.25) is 0 Å². The quantitative estimate of drug-likeness (QED) is 0.820. The van der Waals surface area contributed by atoms with Crippen molar-refractivity contribution < 1.29 is 9.90 Å². The van der Waals surface area contributed by atoms with Gasteiger partial charge in [-0.25, -0.2) is 0 Å². The van der Waals surface area contributed by atoms with Crippen LogP contribution in [0.25, 0.3) is 10.4 Å². The lowest BCUT2D eigenvalue weighted by atomic mass is 9.84. The van der Waals surface area contributed by atoms with Crippen molar-refractivity contribution in [1.82, 2.24) is 0 Å². The molecule has 3 heteroatoms. The van der Waals surface area contributed by atoms with Crippen LogP contribution in [-0.2, 0) is 5.41 Å². The highest BCUT2D eigenvalue weighted by Gasteiger charge is 2.19. The lowest BCUT2D eigenvalue weighted by Crippen LogP contribution is -2.11. The van der Waals surface area contributed by atoms with Gasteiger partial charge in [0.15, 0.2) is 6.29 Å². The molecule has 1 aromatic carbocycles. The van der Waals surface area contributed by atoms with E-state index in [1.165, 1.54) is 0 Å². The Balaban J connectivity index is 2.69. The number of hydrogen-bond donors (Lipinski definition) is 1. The highest BCUT2D eigenvalue weighted by Crippen LogP contribution is 2.38. The van der Waals surface area contributed by atoms with E-state index in [2.05, 4.69) is 20.8 Å². The van der Waals surface area contributed by atoms with Crippen LogP contribution in [0.1, 0.15) is 36.7 Å². The van der Waals surface area contributed by atoms with Gasteiger partial charge in [-0.2, -0.15) is 0 Å². The van der Waals surface area contributed by atoms with E-state index in [4.69, 9.17) is 0 Å². The molecule has 0 aliphatic rings. The van der Waals surface area contributed by atoms with Crippen molar-refractivity contribution in [3.8, 4) is 16.2 Å². The number of aromatic hydroxyl groups is 1. The van der Waals surface area contributed by atoms with E-state index in [1.54, 1.807) is 17.4 Å². The number of thiophene rings is 1. The smallest absolute Gasteiger partial charge is 0.153 e. The van der Waals surface area contributed by atoms with Crippen LogP contribution in [0.15, 0.2) is 29.6 Å². The van der Waals surface area contributed by atoms with Crippen LogP contribution in [0.3, 0.4) is 0 Å². The Hall–Kier alpha value is -1.61. The Bertz CT molecular complexity index is 563. The second-order valence-corrected chi connectivity index (χ2v) is 6.25. The molecule has 18 heavy (non-hydrogen) atoms. The number of aldehydes is 1. The molecule has 2 nitrogen and oxygen atoms in total. The van der Waals surface area contributed by atoms with Crippen molar-refractivity contribution in [2.24, 2.45) is 0 Å². The summed E-state index contributed by atoms with van der Waals surface area (Å²) < 4.78 is 0. The molecule has 0 unspecified atom stereocenters. The van der Waals surface area contributed by atoms with Crippen molar-refractivity contribution in [2.75, 3.05) is 0 Å². The molecule has 0 fully saturated rings. The number of hydrogen-bond acceptors (Lipinski definition) is 3. The molecule has 1 heterocycles. The molecule has 1 aromatic heterocycles. The fraction of sp³-hybridized carbons (Fsp3) is 0.267. The van der Waals surface area contributed by atoms with Gasteiger partial charge in [-0.3, -0.25) is 4.79 Å². The third kappa shape index (κ3) is 2.31. The number of phenols is 1. The zero-order chi connectivity index (χ0) is 13.3. The normalized spacial score (nSPS) is 11.5. The molecule has 1 N–H and O–H groups in total. The number of phenolic OH excluding ortho intramolecular Hbond substituents is 1. The van der Waals surface area contributed by atoms with E-state index in [1.807, 2.05) is 23.6 Å². The van der Waals surface area contributed by atoms with Gasteiger partial charge in [0, 0.05) is 10.4 Å². The van der Waals surface area contributed by atoms with Crippen LogP contribution in [0, 0.1) is 0 Å². The third-order valence-electron chi connectivity index (χ3n) is 2.92. The topological polar surface area (TPSA) is 37.3 Å². The van der Waals surface area contributed by atoms with E-state index < -0.39 is 0 Å². The second-order valence-electron chi connectivity index (χ2n) is 5.31. The zero-order valence-corrected chi connectivity index (χ0v) is 11.5. The predicted molar refractivity (Wildman–Crippen MR) is 75.5 cm³/mol. The average molecular weight is 260 g/mol. The molecule has 0 radical (unpaired) electrons. The van der Waals surface area contributed by atoms with Crippen LogP contribution >= 0.6 is 11.3 Å². The third-order valence-corrected chi connectivity index (χ3v) is 3.82. The van der Waals surface area contributed by atoms with E-state index >= 15 is 0 Å². The zero-order valence-electron chi connectivity index (χ0n) is 10.7. The highest BCUT2D eigenvalue weighted by molar-refractivity contribution is 7.13. The van der Waals surface area contributed by atoms with Gasteiger partial charge in [-0.15, -0.1) is 11.3 Å². The summed E-state index contributed by atoms with van der Waals surface area (Å²) in [7, 11) is 0. The molecule has 0 aliphatic heterocycles. The summed E-state index contributed by atoms with van der Waals surface area (Å²) >= 11 is 1.55. The minimum Gasteiger partial charge on any atom is -0.507 e. The molecule has 0 saturated carbocycles. The minimum absolute atomic E-state index is 0.0581. The second kappa shape index (κ2) is 4.58. The van der Waals surface area contributed by atoms with Crippen molar-refractivity contribution in [3.63, 3.8) is 0 Å². The van der Waals surface area contributed by atoms with Crippen LogP contribution in [0.4, 0.5) is 0 Å². The minimum atomic E-state index is -0.0581.